The van der Waals surface area contributed by atoms with Crippen LogP contribution in [0.25, 0.3) is 11.1 Å². The molecule has 0 radical (unpaired) electrons. The van der Waals surface area contributed by atoms with Gasteiger partial charge in [-0.15, -0.1) is 0 Å². The zero-order valence-electron chi connectivity index (χ0n) is 19.2. The lowest BCUT2D eigenvalue weighted by atomic mass is 9.77. The summed E-state index contributed by atoms with van der Waals surface area (Å²) in [5.74, 6) is 1.42. The topological polar surface area (TPSA) is 23.8 Å². The normalized spacial score (nSPS) is 18.6. The lowest BCUT2D eigenvalue weighted by Crippen LogP contribution is -2.15. The summed E-state index contributed by atoms with van der Waals surface area (Å²) in [7, 11) is 0. The van der Waals surface area contributed by atoms with E-state index in [1.165, 1.54) is 88.7 Å². The molecule has 2 aromatic rings. The number of hydrogen-bond donors (Lipinski definition) is 0. The molecule has 0 spiro atoms. The van der Waals surface area contributed by atoms with Crippen LogP contribution in [-0.2, 0) is 6.42 Å². The molecule has 0 atom stereocenters. The lowest BCUT2D eigenvalue weighted by molar-refractivity contribution is 0.248. The first-order chi connectivity index (χ1) is 15.2. The Labute approximate surface area is 188 Å². The van der Waals surface area contributed by atoms with Gasteiger partial charge in [-0.1, -0.05) is 108 Å². The standard InChI is InChI=1S/C29H38FN/c1-2-3-4-5-6-7-8-23-9-11-24(12-10-23)13-14-25-15-17-26(18-16-25)27-19-20-28(22-31)29(30)21-27/h15-21,23-24H,2-14H2,1H3. The van der Waals surface area contributed by atoms with Crippen LogP contribution in [0.5, 0.6) is 0 Å². The number of nitriles is 1. The number of nitrogens with zero attached hydrogens (tertiary/aromatic N) is 1. The van der Waals surface area contributed by atoms with Crippen LogP contribution in [0.1, 0.15) is 95.1 Å². The number of hydrogen-bond acceptors (Lipinski definition) is 1. The molecule has 1 aliphatic rings. The van der Waals surface area contributed by atoms with Gasteiger partial charge in [-0.05, 0) is 53.5 Å². The molecule has 1 saturated carbocycles. The van der Waals surface area contributed by atoms with E-state index >= 15 is 0 Å². The SMILES string of the molecule is CCCCCCCCC1CCC(CCc2ccc(-c3ccc(C#N)c(F)c3)cc2)CC1. The smallest absolute Gasteiger partial charge is 0.141 e. The third kappa shape index (κ3) is 7.49. The molecule has 2 heteroatoms. The molecule has 166 valence electrons. The summed E-state index contributed by atoms with van der Waals surface area (Å²) < 4.78 is 13.9. The minimum Gasteiger partial charge on any atom is -0.206 e. The zero-order chi connectivity index (χ0) is 21.9. The number of halogens is 1. The molecule has 2 aromatic carbocycles. The van der Waals surface area contributed by atoms with Crippen LogP contribution < -0.4 is 0 Å². The number of rotatable bonds is 11. The average molecular weight is 420 g/mol. The van der Waals surface area contributed by atoms with Gasteiger partial charge < -0.3 is 0 Å². The van der Waals surface area contributed by atoms with E-state index in [4.69, 9.17) is 5.26 Å². The number of benzene rings is 2. The molecule has 1 fully saturated rings. The van der Waals surface area contributed by atoms with Gasteiger partial charge in [-0.2, -0.15) is 5.26 Å². The zero-order valence-corrected chi connectivity index (χ0v) is 19.2. The van der Waals surface area contributed by atoms with Crippen LogP contribution in [-0.4, -0.2) is 0 Å². The molecular weight excluding hydrogens is 381 g/mol. The molecule has 31 heavy (non-hydrogen) atoms. The van der Waals surface area contributed by atoms with Crippen molar-refractivity contribution < 1.29 is 4.39 Å². The van der Waals surface area contributed by atoms with Gasteiger partial charge in [-0.25, -0.2) is 4.39 Å². The summed E-state index contributed by atoms with van der Waals surface area (Å²) in [6, 6.07) is 15.2. The minimum absolute atomic E-state index is 0.0991. The maximum Gasteiger partial charge on any atom is 0.141 e. The van der Waals surface area contributed by atoms with Crippen molar-refractivity contribution in [2.75, 3.05) is 0 Å². The van der Waals surface area contributed by atoms with Gasteiger partial charge in [0.05, 0.1) is 5.56 Å². The third-order valence-corrected chi connectivity index (χ3v) is 7.15. The minimum atomic E-state index is -0.448. The Hall–Kier alpha value is -2.14. The second-order valence-electron chi connectivity index (χ2n) is 9.49. The molecule has 0 bridgehead atoms. The van der Waals surface area contributed by atoms with Crippen molar-refractivity contribution >= 4 is 0 Å². The second kappa shape index (κ2) is 12.7. The summed E-state index contributed by atoms with van der Waals surface area (Å²) in [6.45, 7) is 2.28. The van der Waals surface area contributed by atoms with E-state index in [1.807, 2.05) is 12.1 Å². The molecule has 0 unspecified atom stereocenters. The van der Waals surface area contributed by atoms with Gasteiger partial charge >= 0.3 is 0 Å². The highest BCUT2D eigenvalue weighted by atomic mass is 19.1. The van der Waals surface area contributed by atoms with E-state index in [0.29, 0.717) is 0 Å². The van der Waals surface area contributed by atoms with Crippen molar-refractivity contribution in [2.24, 2.45) is 11.8 Å². The highest BCUT2D eigenvalue weighted by molar-refractivity contribution is 5.64. The van der Waals surface area contributed by atoms with Crippen molar-refractivity contribution in [2.45, 2.75) is 90.4 Å². The first kappa shape index (κ1) is 23.5. The van der Waals surface area contributed by atoms with Crippen molar-refractivity contribution in [1.82, 2.24) is 0 Å². The van der Waals surface area contributed by atoms with Crippen LogP contribution >= 0.6 is 0 Å². The molecule has 1 aliphatic carbocycles. The molecule has 0 N–H and O–H groups in total. The Morgan fingerprint density at radius 3 is 2.06 bits per heavy atom. The molecular formula is C29H38FN. The van der Waals surface area contributed by atoms with Crippen molar-refractivity contribution in [3.05, 3.63) is 59.4 Å². The van der Waals surface area contributed by atoms with E-state index in [0.717, 1.165) is 29.4 Å². The van der Waals surface area contributed by atoms with E-state index < -0.39 is 5.82 Å². The Morgan fingerprint density at radius 2 is 1.42 bits per heavy atom. The Bertz CT molecular complexity index is 825. The molecule has 0 saturated heterocycles. The fourth-order valence-electron chi connectivity index (χ4n) is 5.04. The molecule has 1 nitrogen and oxygen atoms in total. The highest BCUT2D eigenvalue weighted by Gasteiger charge is 2.20. The predicted molar refractivity (Wildman–Crippen MR) is 128 cm³/mol. The van der Waals surface area contributed by atoms with Crippen molar-refractivity contribution in [1.29, 1.82) is 5.26 Å². The van der Waals surface area contributed by atoms with Gasteiger partial charge in [0.1, 0.15) is 11.9 Å². The van der Waals surface area contributed by atoms with Gasteiger partial charge in [0.25, 0.3) is 0 Å². The Balaban J connectivity index is 1.37. The first-order valence-corrected chi connectivity index (χ1v) is 12.5. The monoisotopic (exact) mass is 419 g/mol. The summed E-state index contributed by atoms with van der Waals surface area (Å²) in [5.41, 5.74) is 3.29. The largest absolute Gasteiger partial charge is 0.206 e. The second-order valence-corrected chi connectivity index (χ2v) is 9.49. The predicted octanol–water partition coefficient (Wildman–Crippen LogP) is 8.85. The maximum atomic E-state index is 13.9. The third-order valence-electron chi connectivity index (χ3n) is 7.15. The van der Waals surface area contributed by atoms with Crippen molar-refractivity contribution in [3.63, 3.8) is 0 Å². The summed E-state index contributed by atoms with van der Waals surface area (Å²) in [6.07, 6.45) is 18.0. The van der Waals surface area contributed by atoms with Gasteiger partial charge in [0.2, 0.25) is 0 Å². The fraction of sp³-hybridized carbons (Fsp3) is 0.552. The number of aryl methyl sites for hydroxylation is 1. The molecule has 0 aromatic heterocycles. The van der Waals surface area contributed by atoms with Gasteiger partial charge in [0.15, 0.2) is 0 Å². The van der Waals surface area contributed by atoms with Crippen LogP contribution in [0.2, 0.25) is 0 Å². The lowest BCUT2D eigenvalue weighted by Gasteiger charge is -2.28. The van der Waals surface area contributed by atoms with E-state index in [-0.39, 0.29) is 5.56 Å². The fourth-order valence-corrected chi connectivity index (χ4v) is 5.04. The first-order valence-electron chi connectivity index (χ1n) is 12.5. The Kier molecular flexibility index (Phi) is 9.60. The highest BCUT2D eigenvalue weighted by Crippen LogP contribution is 2.34. The summed E-state index contributed by atoms with van der Waals surface area (Å²) >= 11 is 0. The van der Waals surface area contributed by atoms with Crippen LogP contribution in [0.3, 0.4) is 0 Å². The van der Waals surface area contributed by atoms with Crippen molar-refractivity contribution in [3.8, 4) is 17.2 Å². The number of unbranched alkanes of at least 4 members (excludes halogenated alkanes) is 5. The average Bonchev–Trinajstić information content (AvgIpc) is 2.81. The van der Waals surface area contributed by atoms with Crippen LogP contribution in [0, 0.1) is 29.0 Å². The molecule has 3 rings (SSSR count). The van der Waals surface area contributed by atoms with E-state index in [9.17, 15) is 4.39 Å². The van der Waals surface area contributed by atoms with Gasteiger partial charge in [0, 0.05) is 0 Å². The molecule has 0 heterocycles. The van der Waals surface area contributed by atoms with E-state index in [1.54, 1.807) is 6.07 Å². The summed E-state index contributed by atoms with van der Waals surface area (Å²) in [4.78, 5) is 0. The molecule has 0 amide bonds. The van der Waals surface area contributed by atoms with Gasteiger partial charge in [-0.3, -0.25) is 0 Å². The molecule has 0 aliphatic heterocycles. The summed E-state index contributed by atoms with van der Waals surface area (Å²) in [5, 5.41) is 8.88. The van der Waals surface area contributed by atoms with Crippen LogP contribution in [0.15, 0.2) is 42.5 Å². The maximum absolute atomic E-state index is 13.9. The quantitative estimate of drug-likeness (QED) is 0.334. The Morgan fingerprint density at radius 1 is 0.806 bits per heavy atom. The van der Waals surface area contributed by atoms with Crippen LogP contribution in [0.4, 0.5) is 4.39 Å². The van der Waals surface area contributed by atoms with E-state index in [2.05, 4.69) is 31.2 Å².